The number of carbonyl (C=O) groups excluding carboxylic acids is 2. The van der Waals surface area contributed by atoms with E-state index >= 15 is 0 Å². The molecular weight excluding hydrogens is 296 g/mol. The molecule has 0 aliphatic carbocycles. The molecule has 1 heterocycles. The fraction of sp³-hybridized carbons (Fsp3) is 0.312. The van der Waals surface area contributed by atoms with Crippen LogP contribution in [0.3, 0.4) is 0 Å². The minimum Gasteiger partial charge on any atom is -0.390 e. The Morgan fingerprint density at radius 2 is 2.00 bits per heavy atom. The van der Waals surface area contributed by atoms with Gasteiger partial charge in [0, 0.05) is 18.5 Å². The molecular formula is C16H20N4O3. The van der Waals surface area contributed by atoms with Gasteiger partial charge in [0.05, 0.1) is 23.5 Å². The van der Waals surface area contributed by atoms with Gasteiger partial charge in [0.25, 0.3) is 0 Å². The van der Waals surface area contributed by atoms with Gasteiger partial charge < -0.3 is 20.6 Å². The summed E-state index contributed by atoms with van der Waals surface area (Å²) in [6.07, 6.45) is 0.762. The van der Waals surface area contributed by atoms with E-state index in [-0.39, 0.29) is 6.54 Å². The first kappa shape index (κ1) is 16.9. The standard InChI is InChI=1S/C16H20N4O3/c1-20(2)10-13(21)9-18-15(22)16(23)19-12-7-11-5-3-4-6-14(11)17-8-12/h3-8,13,21H,9-10H2,1-2H3,(H,18,22)(H,19,23). The number of pyridine rings is 1. The number of carbonyl (C=O) groups is 2. The minimum atomic E-state index is -0.795. The van der Waals surface area contributed by atoms with Gasteiger partial charge in [-0.05, 0) is 26.2 Å². The van der Waals surface area contributed by atoms with Crippen LogP contribution in [0.2, 0.25) is 0 Å². The van der Waals surface area contributed by atoms with Gasteiger partial charge in [-0.3, -0.25) is 14.6 Å². The summed E-state index contributed by atoms with van der Waals surface area (Å²) < 4.78 is 0. The summed E-state index contributed by atoms with van der Waals surface area (Å²) in [6.45, 7) is 0.414. The Hall–Kier alpha value is -2.51. The summed E-state index contributed by atoms with van der Waals surface area (Å²) in [6, 6.07) is 9.22. The monoisotopic (exact) mass is 316 g/mol. The lowest BCUT2D eigenvalue weighted by atomic mass is 10.2. The lowest BCUT2D eigenvalue weighted by Crippen LogP contribution is -2.42. The van der Waals surface area contributed by atoms with E-state index in [4.69, 9.17) is 0 Å². The van der Waals surface area contributed by atoms with E-state index in [1.807, 2.05) is 38.4 Å². The number of nitrogens with one attached hydrogen (secondary N) is 2. The normalized spacial score (nSPS) is 12.2. The smallest absolute Gasteiger partial charge is 0.313 e. The first-order chi connectivity index (χ1) is 11.0. The first-order valence-corrected chi connectivity index (χ1v) is 7.22. The zero-order valence-corrected chi connectivity index (χ0v) is 13.1. The number of likely N-dealkylation sites (N-methyl/N-ethyl adjacent to an activating group) is 1. The lowest BCUT2D eigenvalue weighted by molar-refractivity contribution is -0.136. The molecule has 2 aromatic rings. The summed E-state index contributed by atoms with van der Waals surface area (Å²) in [7, 11) is 3.62. The van der Waals surface area contributed by atoms with Gasteiger partial charge in [-0.25, -0.2) is 0 Å². The average Bonchev–Trinajstić information content (AvgIpc) is 2.51. The number of aliphatic hydroxyl groups is 1. The van der Waals surface area contributed by atoms with Crippen molar-refractivity contribution in [2.24, 2.45) is 0 Å². The molecule has 0 fully saturated rings. The number of nitrogens with zero attached hydrogens (tertiary/aromatic N) is 2. The van der Waals surface area contributed by atoms with Crippen molar-refractivity contribution >= 4 is 28.4 Å². The summed E-state index contributed by atoms with van der Waals surface area (Å²) in [5.74, 6) is -1.59. The summed E-state index contributed by atoms with van der Waals surface area (Å²) in [5.41, 5.74) is 1.25. The third-order valence-corrected chi connectivity index (χ3v) is 3.13. The molecule has 1 atom stereocenters. The summed E-state index contributed by atoms with van der Waals surface area (Å²) >= 11 is 0. The molecule has 7 nitrogen and oxygen atoms in total. The molecule has 122 valence electrons. The highest BCUT2D eigenvalue weighted by atomic mass is 16.3. The van der Waals surface area contributed by atoms with Gasteiger partial charge in [-0.1, -0.05) is 18.2 Å². The Morgan fingerprint density at radius 1 is 1.26 bits per heavy atom. The number of rotatable bonds is 5. The van der Waals surface area contributed by atoms with Crippen molar-refractivity contribution in [1.82, 2.24) is 15.2 Å². The number of amides is 2. The van der Waals surface area contributed by atoms with Crippen LogP contribution in [0.4, 0.5) is 5.69 Å². The lowest BCUT2D eigenvalue weighted by Gasteiger charge is -2.16. The van der Waals surface area contributed by atoms with Crippen molar-refractivity contribution < 1.29 is 14.7 Å². The molecule has 3 N–H and O–H groups in total. The van der Waals surface area contributed by atoms with E-state index in [1.165, 1.54) is 6.20 Å². The van der Waals surface area contributed by atoms with E-state index in [2.05, 4.69) is 15.6 Å². The number of fused-ring (bicyclic) bond motifs is 1. The zero-order valence-electron chi connectivity index (χ0n) is 13.1. The molecule has 0 bridgehead atoms. The average molecular weight is 316 g/mol. The van der Waals surface area contributed by atoms with Gasteiger partial charge in [-0.2, -0.15) is 0 Å². The maximum Gasteiger partial charge on any atom is 0.313 e. The Morgan fingerprint density at radius 3 is 2.74 bits per heavy atom. The van der Waals surface area contributed by atoms with Crippen LogP contribution in [0.15, 0.2) is 36.5 Å². The van der Waals surface area contributed by atoms with E-state index in [0.29, 0.717) is 12.2 Å². The predicted octanol–water partition coefficient (Wildman–Crippen LogP) is 0.212. The van der Waals surface area contributed by atoms with E-state index in [1.54, 1.807) is 11.0 Å². The van der Waals surface area contributed by atoms with Crippen LogP contribution in [0.25, 0.3) is 10.9 Å². The van der Waals surface area contributed by atoms with E-state index < -0.39 is 17.9 Å². The number of anilines is 1. The van der Waals surface area contributed by atoms with Crippen LogP contribution >= 0.6 is 0 Å². The first-order valence-electron chi connectivity index (χ1n) is 7.22. The molecule has 23 heavy (non-hydrogen) atoms. The van der Waals surface area contributed by atoms with Crippen molar-refractivity contribution in [3.8, 4) is 0 Å². The fourth-order valence-electron chi connectivity index (χ4n) is 2.10. The Balaban J connectivity index is 1.90. The van der Waals surface area contributed by atoms with Crippen LogP contribution in [0, 0.1) is 0 Å². The topological polar surface area (TPSA) is 94.6 Å². The maximum atomic E-state index is 11.8. The van der Waals surface area contributed by atoms with Crippen LogP contribution < -0.4 is 10.6 Å². The molecule has 1 aromatic carbocycles. The predicted molar refractivity (Wildman–Crippen MR) is 87.9 cm³/mol. The third kappa shape index (κ3) is 5.01. The fourth-order valence-corrected chi connectivity index (χ4v) is 2.10. The van der Waals surface area contributed by atoms with Crippen molar-refractivity contribution in [1.29, 1.82) is 0 Å². The molecule has 0 spiro atoms. The van der Waals surface area contributed by atoms with E-state index in [0.717, 1.165) is 10.9 Å². The van der Waals surface area contributed by atoms with Crippen LogP contribution in [-0.4, -0.2) is 60.1 Å². The Kier molecular flexibility index (Phi) is 5.61. The molecule has 0 aliphatic heterocycles. The van der Waals surface area contributed by atoms with Crippen LogP contribution in [0.1, 0.15) is 0 Å². The van der Waals surface area contributed by atoms with Gasteiger partial charge in [0.2, 0.25) is 0 Å². The molecule has 7 heteroatoms. The van der Waals surface area contributed by atoms with Crippen molar-refractivity contribution in [2.75, 3.05) is 32.5 Å². The minimum absolute atomic E-state index is 0.0143. The number of aliphatic hydroxyl groups excluding tert-OH is 1. The van der Waals surface area contributed by atoms with Crippen LogP contribution in [-0.2, 0) is 9.59 Å². The molecule has 2 rings (SSSR count). The molecule has 1 unspecified atom stereocenters. The molecule has 0 radical (unpaired) electrons. The highest BCUT2D eigenvalue weighted by Crippen LogP contribution is 2.15. The second-order valence-corrected chi connectivity index (χ2v) is 5.50. The number of para-hydroxylation sites is 1. The highest BCUT2D eigenvalue weighted by molar-refractivity contribution is 6.39. The zero-order chi connectivity index (χ0) is 16.8. The summed E-state index contributed by atoms with van der Waals surface area (Å²) in [5, 5.41) is 15.4. The summed E-state index contributed by atoms with van der Waals surface area (Å²) in [4.78, 5) is 29.6. The molecule has 0 saturated carbocycles. The number of hydrogen-bond acceptors (Lipinski definition) is 5. The second kappa shape index (κ2) is 7.66. The number of benzene rings is 1. The maximum absolute atomic E-state index is 11.8. The van der Waals surface area contributed by atoms with E-state index in [9.17, 15) is 14.7 Å². The second-order valence-electron chi connectivity index (χ2n) is 5.50. The Bertz CT molecular complexity index is 703. The van der Waals surface area contributed by atoms with Crippen LogP contribution in [0.5, 0.6) is 0 Å². The third-order valence-electron chi connectivity index (χ3n) is 3.13. The van der Waals surface area contributed by atoms with Crippen molar-refractivity contribution in [3.63, 3.8) is 0 Å². The SMILES string of the molecule is CN(C)CC(O)CNC(=O)C(=O)Nc1cnc2ccccc2c1. The highest BCUT2D eigenvalue weighted by Gasteiger charge is 2.15. The number of aromatic nitrogens is 1. The number of hydrogen-bond donors (Lipinski definition) is 3. The quantitative estimate of drug-likeness (QED) is 0.686. The molecule has 0 saturated heterocycles. The largest absolute Gasteiger partial charge is 0.390 e. The van der Waals surface area contributed by atoms with Gasteiger partial charge in [-0.15, -0.1) is 0 Å². The molecule has 2 amide bonds. The van der Waals surface area contributed by atoms with Gasteiger partial charge in [0.1, 0.15) is 0 Å². The molecule has 0 aliphatic rings. The molecule has 1 aromatic heterocycles. The van der Waals surface area contributed by atoms with Crippen molar-refractivity contribution in [2.45, 2.75) is 6.10 Å². The van der Waals surface area contributed by atoms with Gasteiger partial charge >= 0.3 is 11.8 Å². The Labute approximate surface area is 134 Å². The van der Waals surface area contributed by atoms with Crippen molar-refractivity contribution in [3.05, 3.63) is 36.5 Å². The van der Waals surface area contributed by atoms with Gasteiger partial charge in [0.15, 0.2) is 0 Å².